The average Bonchev–Trinajstić information content (AvgIpc) is 2.82. The normalized spacial score (nSPS) is 15.3. The summed E-state index contributed by atoms with van der Waals surface area (Å²) >= 11 is 0. The number of ether oxygens (including phenoxy) is 1. The van der Waals surface area contributed by atoms with E-state index in [1.165, 1.54) is 34.4 Å². The second-order valence-corrected chi connectivity index (χ2v) is 8.09. The number of anilines is 1. The molecule has 0 saturated carbocycles. The summed E-state index contributed by atoms with van der Waals surface area (Å²) in [7, 11) is 1.75. The van der Waals surface area contributed by atoms with Gasteiger partial charge in [-0.05, 0) is 66.0 Å². The fourth-order valence-electron chi connectivity index (χ4n) is 4.58. The van der Waals surface area contributed by atoms with Crippen LogP contribution in [0, 0.1) is 0 Å². The standard InChI is InChI=1S/C28H31NO/c1-4-21-10-12-22(13-11-21)20-29(5-2)28-19-26(30-3)16-17-27(28)25-15-14-23-8-6-7-9-24(23)18-25/h4,6-13,16-17,19,25H,1,5,14-15,18,20H2,2-3H3. The number of rotatable bonds is 7. The average molecular weight is 398 g/mol. The van der Waals surface area contributed by atoms with Gasteiger partial charge >= 0.3 is 0 Å². The zero-order valence-corrected chi connectivity index (χ0v) is 18.1. The van der Waals surface area contributed by atoms with Gasteiger partial charge in [0.05, 0.1) is 7.11 Å². The predicted octanol–water partition coefficient (Wildman–Crippen LogP) is 6.64. The van der Waals surface area contributed by atoms with Gasteiger partial charge in [0.1, 0.15) is 5.75 Å². The molecular formula is C28H31NO. The van der Waals surface area contributed by atoms with Crippen LogP contribution in [0.4, 0.5) is 5.69 Å². The highest BCUT2D eigenvalue weighted by Gasteiger charge is 2.24. The molecule has 0 bridgehead atoms. The van der Waals surface area contributed by atoms with E-state index in [0.29, 0.717) is 5.92 Å². The maximum atomic E-state index is 5.59. The van der Waals surface area contributed by atoms with E-state index in [1.54, 1.807) is 7.11 Å². The van der Waals surface area contributed by atoms with E-state index < -0.39 is 0 Å². The van der Waals surface area contributed by atoms with Crippen molar-refractivity contribution in [2.75, 3.05) is 18.6 Å². The third kappa shape index (κ3) is 4.28. The van der Waals surface area contributed by atoms with E-state index in [9.17, 15) is 0 Å². The lowest BCUT2D eigenvalue weighted by atomic mass is 9.79. The van der Waals surface area contributed by atoms with Crippen LogP contribution in [0.3, 0.4) is 0 Å². The Morgan fingerprint density at radius 1 is 1.03 bits per heavy atom. The minimum atomic E-state index is 0.540. The van der Waals surface area contributed by atoms with Crippen LogP contribution < -0.4 is 9.64 Å². The number of fused-ring (bicyclic) bond motifs is 1. The maximum absolute atomic E-state index is 5.59. The topological polar surface area (TPSA) is 12.5 Å². The Balaban J connectivity index is 1.66. The van der Waals surface area contributed by atoms with Gasteiger partial charge in [-0.1, -0.05) is 67.3 Å². The third-order valence-corrected chi connectivity index (χ3v) is 6.34. The molecule has 30 heavy (non-hydrogen) atoms. The van der Waals surface area contributed by atoms with Gasteiger partial charge in [-0.3, -0.25) is 0 Å². The first-order valence-corrected chi connectivity index (χ1v) is 10.9. The lowest BCUT2D eigenvalue weighted by molar-refractivity contribution is 0.414. The molecule has 0 fully saturated rings. The van der Waals surface area contributed by atoms with Gasteiger partial charge in [-0.2, -0.15) is 0 Å². The summed E-state index contributed by atoms with van der Waals surface area (Å²) in [6.07, 6.45) is 5.35. The number of nitrogens with zero attached hydrogens (tertiary/aromatic N) is 1. The molecule has 0 radical (unpaired) electrons. The summed E-state index contributed by atoms with van der Waals surface area (Å²) in [5.74, 6) is 1.46. The van der Waals surface area contributed by atoms with Gasteiger partial charge in [0.2, 0.25) is 0 Å². The monoisotopic (exact) mass is 397 g/mol. The van der Waals surface area contributed by atoms with E-state index in [4.69, 9.17) is 4.74 Å². The van der Waals surface area contributed by atoms with Crippen molar-refractivity contribution in [2.24, 2.45) is 0 Å². The first-order valence-electron chi connectivity index (χ1n) is 10.9. The smallest absolute Gasteiger partial charge is 0.120 e. The van der Waals surface area contributed by atoms with Gasteiger partial charge in [-0.25, -0.2) is 0 Å². The molecule has 1 unspecified atom stereocenters. The Morgan fingerprint density at radius 3 is 2.50 bits per heavy atom. The summed E-state index contributed by atoms with van der Waals surface area (Å²) in [6.45, 7) is 7.93. The first-order chi connectivity index (χ1) is 14.7. The number of methoxy groups -OCH3 is 1. The van der Waals surface area contributed by atoms with Gasteiger partial charge in [-0.15, -0.1) is 0 Å². The Morgan fingerprint density at radius 2 is 1.80 bits per heavy atom. The van der Waals surface area contributed by atoms with Crippen LogP contribution in [0.15, 0.2) is 73.3 Å². The molecule has 0 aliphatic heterocycles. The van der Waals surface area contributed by atoms with Crippen molar-refractivity contribution in [3.8, 4) is 5.75 Å². The minimum Gasteiger partial charge on any atom is -0.497 e. The molecule has 0 amide bonds. The van der Waals surface area contributed by atoms with Crippen molar-refractivity contribution in [1.82, 2.24) is 0 Å². The summed E-state index contributed by atoms with van der Waals surface area (Å²) < 4.78 is 5.59. The van der Waals surface area contributed by atoms with Crippen molar-refractivity contribution in [1.29, 1.82) is 0 Å². The Bertz CT molecular complexity index is 1010. The number of benzene rings is 3. The molecule has 3 aromatic carbocycles. The fraction of sp³-hybridized carbons (Fsp3) is 0.286. The van der Waals surface area contributed by atoms with Gasteiger partial charge in [0.25, 0.3) is 0 Å². The molecule has 4 rings (SSSR count). The SMILES string of the molecule is C=Cc1ccc(CN(CC)c2cc(OC)ccc2C2CCc3ccccc3C2)cc1. The lowest BCUT2D eigenvalue weighted by Crippen LogP contribution is -2.25. The second-order valence-electron chi connectivity index (χ2n) is 8.09. The summed E-state index contributed by atoms with van der Waals surface area (Å²) in [6, 6.07) is 24.2. The fourth-order valence-corrected chi connectivity index (χ4v) is 4.58. The largest absolute Gasteiger partial charge is 0.497 e. The van der Waals surface area contributed by atoms with Crippen LogP contribution in [-0.4, -0.2) is 13.7 Å². The predicted molar refractivity (Wildman–Crippen MR) is 127 cm³/mol. The molecule has 0 spiro atoms. The summed E-state index contributed by atoms with van der Waals surface area (Å²) in [4.78, 5) is 2.47. The molecule has 1 aliphatic rings. The third-order valence-electron chi connectivity index (χ3n) is 6.34. The molecule has 1 atom stereocenters. The van der Waals surface area contributed by atoms with Gasteiger partial charge in [0, 0.05) is 24.8 Å². The van der Waals surface area contributed by atoms with Crippen LogP contribution in [0.5, 0.6) is 5.75 Å². The highest BCUT2D eigenvalue weighted by molar-refractivity contribution is 5.60. The quantitative estimate of drug-likeness (QED) is 0.443. The van der Waals surface area contributed by atoms with E-state index >= 15 is 0 Å². The number of hydrogen-bond donors (Lipinski definition) is 0. The highest BCUT2D eigenvalue weighted by Crippen LogP contribution is 2.39. The van der Waals surface area contributed by atoms with Crippen molar-refractivity contribution in [3.63, 3.8) is 0 Å². The Labute approximate surface area is 180 Å². The number of aryl methyl sites for hydroxylation is 1. The number of hydrogen-bond acceptors (Lipinski definition) is 2. The molecule has 2 nitrogen and oxygen atoms in total. The lowest BCUT2D eigenvalue weighted by Gasteiger charge is -2.32. The van der Waals surface area contributed by atoms with Crippen molar-refractivity contribution in [2.45, 2.75) is 38.6 Å². The van der Waals surface area contributed by atoms with Crippen LogP contribution in [0.2, 0.25) is 0 Å². The van der Waals surface area contributed by atoms with Crippen molar-refractivity contribution < 1.29 is 4.74 Å². The zero-order chi connectivity index (χ0) is 20.9. The van der Waals surface area contributed by atoms with Crippen molar-refractivity contribution >= 4 is 11.8 Å². The molecule has 2 heteroatoms. The Kier molecular flexibility index (Phi) is 6.23. The molecule has 0 aromatic heterocycles. The highest BCUT2D eigenvalue weighted by atomic mass is 16.5. The second kappa shape index (κ2) is 9.21. The molecule has 0 N–H and O–H groups in total. The maximum Gasteiger partial charge on any atom is 0.120 e. The van der Waals surface area contributed by atoms with Crippen LogP contribution in [0.1, 0.15) is 47.1 Å². The van der Waals surface area contributed by atoms with E-state index in [1.807, 2.05) is 6.08 Å². The summed E-state index contributed by atoms with van der Waals surface area (Å²) in [5.41, 5.74) is 8.22. The molecular weight excluding hydrogens is 366 g/mol. The van der Waals surface area contributed by atoms with Crippen LogP contribution in [0.25, 0.3) is 6.08 Å². The van der Waals surface area contributed by atoms with Crippen LogP contribution in [-0.2, 0) is 19.4 Å². The molecule has 0 heterocycles. The summed E-state index contributed by atoms with van der Waals surface area (Å²) in [5, 5.41) is 0. The Hall–Kier alpha value is -3.00. The molecule has 0 saturated heterocycles. The molecule has 3 aromatic rings. The minimum absolute atomic E-state index is 0.540. The van der Waals surface area contributed by atoms with E-state index in [0.717, 1.165) is 37.2 Å². The van der Waals surface area contributed by atoms with E-state index in [2.05, 4.69) is 85.1 Å². The molecule has 154 valence electrons. The first kappa shape index (κ1) is 20.3. The van der Waals surface area contributed by atoms with Gasteiger partial charge < -0.3 is 9.64 Å². The van der Waals surface area contributed by atoms with Crippen molar-refractivity contribution in [3.05, 3.63) is 101 Å². The molecule has 1 aliphatic carbocycles. The van der Waals surface area contributed by atoms with Gasteiger partial charge in [0.15, 0.2) is 0 Å². The van der Waals surface area contributed by atoms with E-state index in [-0.39, 0.29) is 0 Å². The zero-order valence-electron chi connectivity index (χ0n) is 18.1. The van der Waals surface area contributed by atoms with Crippen LogP contribution >= 0.6 is 0 Å².